The molecule has 33 heavy (non-hydrogen) atoms. The summed E-state index contributed by atoms with van der Waals surface area (Å²) in [7, 11) is 0. The SMILES string of the molecule is NC(=NCCNC(=O)c1ncco1)NC(=O)c1nc(Cl)c(NCc2ccc(I)cc2)nc1N. The van der Waals surface area contributed by atoms with E-state index in [0.29, 0.717) is 6.54 Å². The molecule has 0 spiro atoms. The van der Waals surface area contributed by atoms with Crippen LogP contribution in [0, 0.1) is 3.57 Å². The molecule has 3 rings (SSSR count). The van der Waals surface area contributed by atoms with Crippen molar-refractivity contribution in [3.05, 3.63) is 62.6 Å². The third-order valence-corrected chi connectivity index (χ3v) is 5.00. The number of carbonyl (C=O) groups excluding carboxylic acids is 2. The van der Waals surface area contributed by atoms with Crippen LogP contribution in [0.15, 0.2) is 46.1 Å². The van der Waals surface area contributed by atoms with Crippen LogP contribution in [-0.4, -0.2) is 45.8 Å². The second kappa shape index (κ2) is 11.4. The molecule has 0 atom stereocenters. The Labute approximate surface area is 206 Å². The van der Waals surface area contributed by atoms with Crippen LogP contribution in [-0.2, 0) is 6.54 Å². The number of oxazole rings is 1. The van der Waals surface area contributed by atoms with Crippen LogP contribution in [0.1, 0.15) is 26.7 Å². The van der Waals surface area contributed by atoms with Crippen LogP contribution in [0.4, 0.5) is 11.6 Å². The van der Waals surface area contributed by atoms with Crippen molar-refractivity contribution in [2.24, 2.45) is 10.7 Å². The normalized spacial score (nSPS) is 11.2. The summed E-state index contributed by atoms with van der Waals surface area (Å²) in [5, 5.41) is 7.90. The molecule has 1 aromatic carbocycles. The molecule has 0 saturated carbocycles. The summed E-state index contributed by atoms with van der Waals surface area (Å²) in [6.07, 6.45) is 2.64. The highest BCUT2D eigenvalue weighted by atomic mass is 127. The van der Waals surface area contributed by atoms with Gasteiger partial charge in [-0.2, -0.15) is 0 Å². The van der Waals surface area contributed by atoms with Crippen molar-refractivity contribution in [3.8, 4) is 0 Å². The van der Waals surface area contributed by atoms with Gasteiger partial charge < -0.3 is 26.5 Å². The highest BCUT2D eigenvalue weighted by Gasteiger charge is 2.18. The van der Waals surface area contributed by atoms with Gasteiger partial charge in [-0.25, -0.2) is 15.0 Å². The van der Waals surface area contributed by atoms with E-state index in [-0.39, 0.29) is 47.4 Å². The number of benzene rings is 1. The van der Waals surface area contributed by atoms with Gasteiger partial charge in [0.15, 0.2) is 28.4 Å². The van der Waals surface area contributed by atoms with Gasteiger partial charge in [-0.3, -0.25) is 19.9 Å². The first-order valence-electron chi connectivity index (χ1n) is 9.43. The van der Waals surface area contributed by atoms with Crippen LogP contribution >= 0.6 is 34.2 Å². The second-order valence-corrected chi connectivity index (χ2v) is 7.99. The fourth-order valence-electron chi connectivity index (χ4n) is 2.47. The molecule has 0 fully saturated rings. The standard InChI is InChI=1S/C19H19ClIN9O3/c20-13-15(27-9-10-1-3-11(21)4-2-10)29-14(22)12(28-13)16(31)30-19(23)26-6-5-24-17(32)18-25-7-8-33-18/h1-4,7-8H,5-6,9H2,(H,24,32)(H3,22,27,29)(H3,23,26,30,31). The number of halogens is 2. The third-order valence-electron chi connectivity index (χ3n) is 4.02. The molecule has 0 bridgehead atoms. The van der Waals surface area contributed by atoms with Gasteiger partial charge >= 0.3 is 5.91 Å². The van der Waals surface area contributed by atoms with E-state index in [1.54, 1.807) is 0 Å². The quantitative estimate of drug-likeness (QED) is 0.113. The maximum absolute atomic E-state index is 12.4. The van der Waals surface area contributed by atoms with Crippen LogP contribution in [0.25, 0.3) is 0 Å². The monoisotopic (exact) mass is 583 g/mol. The molecule has 2 aromatic heterocycles. The van der Waals surface area contributed by atoms with Crippen molar-refractivity contribution < 1.29 is 14.0 Å². The summed E-state index contributed by atoms with van der Waals surface area (Å²) in [4.78, 5) is 39.9. The van der Waals surface area contributed by atoms with E-state index in [0.717, 1.165) is 9.13 Å². The minimum atomic E-state index is -0.726. The molecule has 3 aromatic rings. The fourth-order valence-corrected chi connectivity index (χ4v) is 3.02. The lowest BCUT2D eigenvalue weighted by Crippen LogP contribution is -2.38. The molecule has 0 unspecified atom stereocenters. The van der Waals surface area contributed by atoms with Crippen molar-refractivity contribution in [1.29, 1.82) is 0 Å². The average molecular weight is 584 g/mol. The molecule has 14 heteroatoms. The first kappa shape index (κ1) is 24.2. The van der Waals surface area contributed by atoms with Gasteiger partial charge in [0.1, 0.15) is 6.26 Å². The van der Waals surface area contributed by atoms with Crippen molar-refractivity contribution in [2.45, 2.75) is 6.54 Å². The molecule has 2 heterocycles. The smallest absolute Gasteiger partial charge is 0.307 e. The number of aromatic nitrogens is 3. The van der Waals surface area contributed by atoms with E-state index in [1.807, 2.05) is 24.3 Å². The van der Waals surface area contributed by atoms with Gasteiger partial charge in [-0.1, -0.05) is 23.7 Å². The number of nitrogens with one attached hydrogen (secondary N) is 3. The number of anilines is 2. The minimum absolute atomic E-state index is 0.0235. The number of nitrogens with two attached hydrogens (primary N) is 2. The van der Waals surface area contributed by atoms with Crippen LogP contribution in [0.5, 0.6) is 0 Å². The number of hydrogen-bond acceptors (Lipinski definition) is 9. The highest BCUT2D eigenvalue weighted by molar-refractivity contribution is 14.1. The van der Waals surface area contributed by atoms with Crippen LogP contribution in [0.2, 0.25) is 5.15 Å². The lowest BCUT2D eigenvalue weighted by molar-refractivity contribution is 0.0918. The largest absolute Gasteiger partial charge is 0.441 e. The maximum Gasteiger partial charge on any atom is 0.307 e. The van der Waals surface area contributed by atoms with Crippen molar-refractivity contribution >= 4 is 63.6 Å². The number of carbonyl (C=O) groups is 2. The lowest BCUT2D eigenvalue weighted by Gasteiger charge is -2.11. The Balaban J connectivity index is 1.53. The lowest BCUT2D eigenvalue weighted by atomic mass is 10.2. The molecule has 172 valence electrons. The number of nitrogen functional groups attached to an aromatic ring is 1. The number of rotatable bonds is 8. The number of guanidine groups is 1. The van der Waals surface area contributed by atoms with Crippen LogP contribution < -0.4 is 27.4 Å². The van der Waals surface area contributed by atoms with Gasteiger partial charge in [-0.15, -0.1) is 0 Å². The summed E-state index contributed by atoms with van der Waals surface area (Å²) in [6, 6.07) is 7.87. The summed E-state index contributed by atoms with van der Waals surface area (Å²) in [5.41, 5.74) is 12.4. The molecule has 0 saturated heterocycles. The first-order valence-corrected chi connectivity index (χ1v) is 10.9. The average Bonchev–Trinajstić information content (AvgIpc) is 3.33. The Morgan fingerprint density at radius 3 is 2.64 bits per heavy atom. The van der Waals surface area contributed by atoms with Crippen LogP contribution in [0.3, 0.4) is 0 Å². The number of hydrogen-bond donors (Lipinski definition) is 5. The van der Waals surface area contributed by atoms with Gasteiger partial charge in [0.05, 0.1) is 12.7 Å². The summed E-state index contributed by atoms with van der Waals surface area (Å²) in [6.45, 7) is 0.691. The van der Waals surface area contributed by atoms with Gasteiger partial charge in [0.2, 0.25) is 0 Å². The summed E-state index contributed by atoms with van der Waals surface area (Å²) >= 11 is 8.38. The Kier molecular flexibility index (Phi) is 8.37. The molecule has 2 amide bonds. The van der Waals surface area contributed by atoms with Crippen molar-refractivity contribution in [1.82, 2.24) is 25.6 Å². The van der Waals surface area contributed by atoms with E-state index < -0.39 is 11.8 Å². The topological polar surface area (TPSA) is 186 Å². The summed E-state index contributed by atoms with van der Waals surface area (Å²) in [5.74, 6) is -1.37. The van der Waals surface area contributed by atoms with Crippen molar-refractivity contribution in [3.63, 3.8) is 0 Å². The Morgan fingerprint density at radius 2 is 1.94 bits per heavy atom. The predicted molar refractivity (Wildman–Crippen MR) is 131 cm³/mol. The zero-order valence-corrected chi connectivity index (χ0v) is 19.9. The highest BCUT2D eigenvalue weighted by Crippen LogP contribution is 2.21. The Hall–Kier alpha value is -3.46. The zero-order chi connectivity index (χ0) is 23.8. The third kappa shape index (κ3) is 7.01. The van der Waals surface area contributed by atoms with Crippen molar-refractivity contribution in [2.75, 3.05) is 24.1 Å². The zero-order valence-electron chi connectivity index (χ0n) is 17.0. The number of nitrogens with zero attached hydrogens (tertiary/aromatic N) is 4. The Morgan fingerprint density at radius 1 is 1.18 bits per heavy atom. The Bertz CT molecular complexity index is 1150. The van der Waals surface area contributed by atoms with Gasteiger partial charge in [-0.05, 0) is 40.3 Å². The molecule has 7 N–H and O–H groups in total. The van der Waals surface area contributed by atoms with E-state index in [9.17, 15) is 9.59 Å². The molecule has 0 radical (unpaired) electrons. The molecule has 12 nitrogen and oxygen atoms in total. The number of amides is 2. The van der Waals surface area contributed by atoms with E-state index in [2.05, 4.69) is 58.5 Å². The molecule has 0 aliphatic rings. The first-order chi connectivity index (χ1) is 15.8. The maximum atomic E-state index is 12.4. The van der Waals surface area contributed by atoms with Gasteiger partial charge in [0.25, 0.3) is 11.8 Å². The molecule has 0 aliphatic carbocycles. The molecular weight excluding hydrogens is 565 g/mol. The summed E-state index contributed by atoms with van der Waals surface area (Å²) < 4.78 is 5.98. The van der Waals surface area contributed by atoms with E-state index in [1.165, 1.54) is 12.5 Å². The van der Waals surface area contributed by atoms with Gasteiger partial charge in [0, 0.05) is 16.7 Å². The minimum Gasteiger partial charge on any atom is -0.441 e. The fraction of sp³-hybridized carbons (Fsp3) is 0.158. The van der Waals surface area contributed by atoms with E-state index in [4.69, 9.17) is 27.5 Å². The predicted octanol–water partition coefficient (Wildman–Crippen LogP) is 1.39. The van der Waals surface area contributed by atoms with E-state index >= 15 is 0 Å². The molecule has 0 aliphatic heterocycles. The second-order valence-electron chi connectivity index (χ2n) is 6.39. The number of aliphatic imine (C=N–C) groups is 1. The molecular formula is C19H19ClIN9O3.